The van der Waals surface area contributed by atoms with Gasteiger partial charge in [-0.05, 0) is 33.6 Å². The summed E-state index contributed by atoms with van der Waals surface area (Å²) in [5, 5.41) is 19.2. The molecule has 0 bridgehead atoms. The number of aliphatic hydroxyl groups excluding tert-OH is 1. The molecule has 2 N–H and O–H groups in total. The molecule has 3 unspecified atom stereocenters. The normalized spacial score (nSPS) is 30.8. The van der Waals surface area contributed by atoms with Crippen LogP contribution >= 0.6 is 0 Å². The number of hydrogen-bond donors (Lipinski definition) is 2. The molecule has 0 amide bonds. The van der Waals surface area contributed by atoms with Gasteiger partial charge in [0, 0.05) is 6.61 Å². The van der Waals surface area contributed by atoms with Crippen LogP contribution < -0.4 is 0 Å². The molecule has 0 aliphatic carbocycles. The highest BCUT2D eigenvalue weighted by Crippen LogP contribution is 2.39. The Morgan fingerprint density at radius 3 is 2.65 bits per heavy atom. The fraction of sp³-hybridized carbons (Fsp3) is 0.917. The van der Waals surface area contributed by atoms with E-state index in [9.17, 15) is 15.0 Å². The Bertz CT molecular complexity index is 266. The Morgan fingerprint density at radius 1 is 1.59 bits per heavy atom. The Morgan fingerprint density at radius 2 is 2.24 bits per heavy atom. The van der Waals surface area contributed by atoms with Crippen molar-refractivity contribution < 1.29 is 24.5 Å². The number of aliphatic hydroxyl groups is 1. The lowest BCUT2D eigenvalue weighted by Crippen LogP contribution is -2.41. The molecule has 1 saturated heterocycles. The van der Waals surface area contributed by atoms with E-state index in [1.54, 1.807) is 6.92 Å². The average Bonchev–Trinajstić information content (AvgIpc) is 2.58. The first-order chi connectivity index (χ1) is 7.88. The van der Waals surface area contributed by atoms with Crippen molar-refractivity contribution in [2.75, 3.05) is 13.2 Å². The molecule has 0 aromatic carbocycles. The van der Waals surface area contributed by atoms with E-state index in [4.69, 9.17) is 9.47 Å². The zero-order chi connectivity index (χ0) is 13.1. The molecule has 1 rings (SSSR count). The first-order valence-electron chi connectivity index (χ1n) is 6.03. The van der Waals surface area contributed by atoms with Gasteiger partial charge in [-0.25, -0.2) is 0 Å². The van der Waals surface area contributed by atoms with Crippen LogP contribution in [0.1, 0.15) is 33.6 Å². The highest BCUT2D eigenvalue weighted by Gasteiger charge is 2.49. The van der Waals surface area contributed by atoms with Gasteiger partial charge in [0.1, 0.15) is 0 Å². The van der Waals surface area contributed by atoms with Crippen LogP contribution in [0.4, 0.5) is 0 Å². The number of hydrogen-bond acceptors (Lipinski definition) is 4. The molecule has 0 aromatic heterocycles. The Labute approximate surface area is 102 Å². The summed E-state index contributed by atoms with van der Waals surface area (Å²) >= 11 is 0. The lowest BCUT2D eigenvalue weighted by Gasteiger charge is -2.29. The van der Waals surface area contributed by atoms with Gasteiger partial charge in [-0.3, -0.25) is 4.79 Å². The minimum Gasteiger partial charge on any atom is -0.481 e. The molecule has 17 heavy (non-hydrogen) atoms. The Kier molecular flexibility index (Phi) is 4.91. The third-order valence-corrected chi connectivity index (χ3v) is 3.34. The molecule has 0 radical (unpaired) electrons. The number of carboxylic acids is 1. The molecular weight excluding hydrogens is 224 g/mol. The molecule has 1 aliphatic rings. The van der Waals surface area contributed by atoms with Crippen molar-refractivity contribution in [1.29, 1.82) is 0 Å². The average molecular weight is 246 g/mol. The molecule has 5 nitrogen and oxygen atoms in total. The summed E-state index contributed by atoms with van der Waals surface area (Å²) in [7, 11) is 0. The fourth-order valence-corrected chi connectivity index (χ4v) is 2.20. The first kappa shape index (κ1) is 14.4. The van der Waals surface area contributed by atoms with Gasteiger partial charge in [0.05, 0.1) is 30.3 Å². The van der Waals surface area contributed by atoms with E-state index in [1.165, 1.54) is 0 Å². The van der Waals surface area contributed by atoms with Crippen LogP contribution in [0.3, 0.4) is 0 Å². The second-order valence-corrected chi connectivity index (χ2v) is 4.96. The summed E-state index contributed by atoms with van der Waals surface area (Å²) < 4.78 is 10.6. The van der Waals surface area contributed by atoms with E-state index in [2.05, 4.69) is 0 Å². The second kappa shape index (κ2) is 5.80. The summed E-state index contributed by atoms with van der Waals surface area (Å²) in [5.41, 5.74) is -0.972. The van der Waals surface area contributed by atoms with Gasteiger partial charge < -0.3 is 19.7 Å². The summed E-state index contributed by atoms with van der Waals surface area (Å²) in [4.78, 5) is 11.4. The van der Waals surface area contributed by atoms with E-state index in [0.29, 0.717) is 13.0 Å². The first-order valence-corrected chi connectivity index (χ1v) is 6.03. The van der Waals surface area contributed by atoms with Gasteiger partial charge in [-0.15, -0.1) is 0 Å². The molecule has 0 aromatic rings. The van der Waals surface area contributed by atoms with Crippen molar-refractivity contribution in [2.45, 2.75) is 51.9 Å². The van der Waals surface area contributed by atoms with E-state index >= 15 is 0 Å². The minimum atomic E-state index is -0.972. The van der Waals surface area contributed by atoms with Crippen LogP contribution in [-0.2, 0) is 14.3 Å². The summed E-state index contributed by atoms with van der Waals surface area (Å²) in [6, 6.07) is 0. The number of aliphatic carboxylic acids is 1. The molecule has 0 saturated carbocycles. The zero-order valence-electron chi connectivity index (χ0n) is 10.7. The maximum atomic E-state index is 11.4. The van der Waals surface area contributed by atoms with Gasteiger partial charge in [-0.2, -0.15) is 0 Å². The number of carboxylic acid groups (broad SMARTS) is 1. The fourth-order valence-electron chi connectivity index (χ4n) is 2.20. The monoisotopic (exact) mass is 246 g/mol. The summed E-state index contributed by atoms with van der Waals surface area (Å²) in [5.74, 6) is -0.897. The lowest BCUT2D eigenvalue weighted by atomic mass is 9.77. The Hall–Kier alpha value is -0.650. The highest BCUT2D eigenvalue weighted by molar-refractivity contribution is 5.75. The highest BCUT2D eigenvalue weighted by atomic mass is 16.5. The van der Waals surface area contributed by atoms with Crippen molar-refractivity contribution in [3.63, 3.8) is 0 Å². The van der Waals surface area contributed by atoms with Gasteiger partial charge in [-0.1, -0.05) is 0 Å². The molecule has 1 aliphatic heterocycles. The van der Waals surface area contributed by atoms with Crippen LogP contribution in [0, 0.1) is 5.41 Å². The van der Waals surface area contributed by atoms with E-state index in [-0.39, 0.29) is 25.2 Å². The van der Waals surface area contributed by atoms with Crippen molar-refractivity contribution in [1.82, 2.24) is 0 Å². The summed E-state index contributed by atoms with van der Waals surface area (Å²) in [6.45, 7) is 6.10. The van der Waals surface area contributed by atoms with Gasteiger partial charge in [0.15, 0.2) is 0 Å². The van der Waals surface area contributed by atoms with Crippen LogP contribution in [-0.4, -0.2) is 47.7 Å². The zero-order valence-corrected chi connectivity index (χ0v) is 10.7. The van der Waals surface area contributed by atoms with Crippen LogP contribution in [0.2, 0.25) is 0 Å². The Balaban J connectivity index is 2.59. The molecule has 3 atom stereocenters. The summed E-state index contributed by atoms with van der Waals surface area (Å²) in [6.07, 6.45) is -0.479. The number of rotatable bonds is 6. The maximum absolute atomic E-state index is 11.4. The second-order valence-electron chi connectivity index (χ2n) is 4.96. The number of ether oxygens (including phenoxy) is 2. The molecule has 100 valence electrons. The standard InChI is InChI=1S/C12H22O5/c1-8(2)17-7-10(13)6-12(11(14)15)4-5-16-9(12)3/h8-10,13H,4-7H2,1-3H3,(H,14,15). The van der Waals surface area contributed by atoms with Crippen molar-refractivity contribution in [3.05, 3.63) is 0 Å². The predicted molar refractivity (Wildman–Crippen MR) is 61.8 cm³/mol. The van der Waals surface area contributed by atoms with E-state index in [1.807, 2.05) is 13.8 Å². The molecule has 5 heteroatoms. The van der Waals surface area contributed by atoms with Crippen molar-refractivity contribution in [2.24, 2.45) is 5.41 Å². The van der Waals surface area contributed by atoms with Crippen LogP contribution in [0.5, 0.6) is 0 Å². The smallest absolute Gasteiger partial charge is 0.312 e. The SMILES string of the molecule is CC(C)OCC(O)CC1(C(=O)O)CCOC1C. The van der Waals surface area contributed by atoms with Crippen LogP contribution in [0.25, 0.3) is 0 Å². The molecule has 1 fully saturated rings. The molecule has 0 spiro atoms. The minimum absolute atomic E-state index is 0.0303. The largest absolute Gasteiger partial charge is 0.481 e. The van der Waals surface area contributed by atoms with Crippen LogP contribution in [0.15, 0.2) is 0 Å². The van der Waals surface area contributed by atoms with Gasteiger partial charge >= 0.3 is 5.97 Å². The number of carbonyl (C=O) groups is 1. The maximum Gasteiger partial charge on any atom is 0.312 e. The van der Waals surface area contributed by atoms with E-state index in [0.717, 1.165) is 0 Å². The predicted octanol–water partition coefficient (Wildman–Crippen LogP) is 1.04. The lowest BCUT2D eigenvalue weighted by molar-refractivity contribution is -0.155. The third-order valence-electron chi connectivity index (χ3n) is 3.34. The van der Waals surface area contributed by atoms with Gasteiger partial charge in [0.25, 0.3) is 0 Å². The molecular formula is C12H22O5. The quantitative estimate of drug-likeness (QED) is 0.732. The van der Waals surface area contributed by atoms with Gasteiger partial charge in [0.2, 0.25) is 0 Å². The topological polar surface area (TPSA) is 76.0 Å². The third kappa shape index (κ3) is 3.40. The van der Waals surface area contributed by atoms with E-state index < -0.39 is 17.5 Å². The molecule has 1 heterocycles. The van der Waals surface area contributed by atoms with Crippen molar-refractivity contribution >= 4 is 5.97 Å². The van der Waals surface area contributed by atoms with Crippen molar-refractivity contribution in [3.8, 4) is 0 Å².